The molecule has 1 aliphatic heterocycles. The molecule has 2 heterocycles. The highest BCUT2D eigenvalue weighted by atomic mass is 35.5. The number of amides is 1. The Morgan fingerprint density at radius 1 is 0.900 bits per heavy atom. The molecule has 0 saturated heterocycles. The molecule has 30 heavy (non-hydrogen) atoms. The predicted molar refractivity (Wildman–Crippen MR) is 116 cm³/mol. The van der Waals surface area contributed by atoms with E-state index in [0.717, 1.165) is 16.8 Å². The fraction of sp³-hybridized carbons (Fsp3) is 0.217. The Balaban J connectivity index is 1.54. The van der Waals surface area contributed by atoms with Crippen molar-refractivity contribution in [3.05, 3.63) is 87.7 Å². The van der Waals surface area contributed by atoms with E-state index in [0.29, 0.717) is 47.8 Å². The van der Waals surface area contributed by atoms with Gasteiger partial charge in [0.05, 0.1) is 28.7 Å². The first kappa shape index (κ1) is 20.5. The first-order valence-electron chi connectivity index (χ1n) is 9.58. The molecule has 1 amide bonds. The maximum atomic E-state index is 13.2. The molecule has 0 fully saturated rings. The average molecular weight is 443 g/mol. The van der Waals surface area contributed by atoms with Gasteiger partial charge in [-0.25, -0.2) is 0 Å². The molecule has 3 aromatic rings. The van der Waals surface area contributed by atoms with Gasteiger partial charge in [-0.05, 0) is 47.5 Å². The zero-order valence-corrected chi connectivity index (χ0v) is 17.7. The van der Waals surface area contributed by atoms with E-state index in [4.69, 9.17) is 32.7 Å². The van der Waals surface area contributed by atoms with E-state index >= 15 is 0 Å². The zero-order chi connectivity index (χ0) is 20.9. The summed E-state index contributed by atoms with van der Waals surface area (Å²) < 4.78 is 11.2. The molecule has 0 radical (unpaired) electrons. The number of carbonyl (C=O) groups excluding carboxylic acids is 1. The number of benzene rings is 2. The number of halogens is 2. The summed E-state index contributed by atoms with van der Waals surface area (Å²) in [6.07, 6.45) is 1.96. The van der Waals surface area contributed by atoms with E-state index in [2.05, 4.69) is 4.98 Å². The standard InChI is InChI=1S/C23H20Cl2N2O3/c24-19-6-4-17(11-20(19)25)14-27(15-18-3-1-2-8-26-18)23(28)13-16-5-7-21-22(12-16)30-10-9-29-21/h1-8,11-12H,9-10,13-15H2. The highest BCUT2D eigenvalue weighted by Crippen LogP contribution is 2.31. The van der Waals surface area contributed by atoms with Gasteiger partial charge >= 0.3 is 0 Å². The van der Waals surface area contributed by atoms with E-state index in [1.54, 1.807) is 23.2 Å². The first-order chi connectivity index (χ1) is 14.6. The molecule has 1 aliphatic rings. The Morgan fingerprint density at radius 2 is 1.70 bits per heavy atom. The summed E-state index contributed by atoms with van der Waals surface area (Å²) in [6, 6.07) is 16.7. The van der Waals surface area contributed by atoms with Crippen molar-refractivity contribution < 1.29 is 14.3 Å². The van der Waals surface area contributed by atoms with Gasteiger partial charge in [-0.1, -0.05) is 41.4 Å². The molecular formula is C23H20Cl2N2O3. The van der Waals surface area contributed by atoms with Gasteiger partial charge < -0.3 is 14.4 Å². The summed E-state index contributed by atoms with van der Waals surface area (Å²) in [5.74, 6) is 1.36. The molecule has 5 nitrogen and oxygen atoms in total. The minimum Gasteiger partial charge on any atom is -0.486 e. The van der Waals surface area contributed by atoms with Crippen LogP contribution in [0.2, 0.25) is 10.0 Å². The van der Waals surface area contributed by atoms with E-state index in [9.17, 15) is 4.79 Å². The quantitative estimate of drug-likeness (QED) is 0.542. The number of carbonyl (C=O) groups is 1. The molecule has 154 valence electrons. The van der Waals surface area contributed by atoms with Crippen molar-refractivity contribution in [2.45, 2.75) is 19.5 Å². The van der Waals surface area contributed by atoms with Crippen LogP contribution in [-0.4, -0.2) is 29.0 Å². The molecule has 0 atom stereocenters. The lowest BCUT2D eigenvalue weighted by Crippen LogP contribution is -2.31. The summed E-state index contributed by atoms with van der Waals surface area (Å²) in [5.41, 5.74) is 2.58. The highest BCUT2D eigenvalue weighted by molar-refractivity contribution is 6.42. The van der Waals surface area contributed by atoms with Gasteiger partial charge in [0.2, 0.25) is 5.91 Å². The maximum absolute atomic E-state index is 13.2. The second-order valence-corrected chi connectivity index (χ2v) is 7.79. The molecule has 0 bridgehead atoms. The van der Waals surface area contributed by atoms with Crippen molar-refractivity contribution in [3.63, 3.8) is 0 Å². The lowest BCUT2D eigenvalue weighted by atomic mass is 10.1. The molecule has 2 aromatic carbocycles. The van der Waals surface area contributed by atoms with Crippen molar-refractivity contribution in [1.29, 1.82) is 0 Å². The van der Waals surface area contributed by atoms with Gasteiger partial charge in [0, 0.05) is 12.7 Å². The topological polar surface area (TPSA) is 51.7 Å². The van der Waals surface area contributed by atoms with Crippen LogP contribution in [0, 0.1) is 0 Å². The second-order valence-electron chi connectivity index (χ2n) is 6.97. The van der Waals surface area contributed by atoms with Gasteiger partial charge in [-0.15, -0.1) is 0 Å². The van der Waals surface area contributed by atoms with Crippen LogP contribution < -0.4 is 9.47 Å². The SMILES string of the molecule is O=C(Cc1ccc2c(c1)OCCO2)N(Cc1ccc(Cl)c(Cl)c1)Cc1ccccn1. The van der Waals surface area contributed by atoms with E-state index < -0.39 is 0 Å². The summed E-state index contributed by atoms with van der Waals surface area (Å²) in [5, 5.41) is 0.950. The number of hydrogen-bond donors (Lipinski definition) is 0. The molecule has 0 unspecified atom stereocenters. The molecule has 4 rings (SSSR count). The number of fused-ring (bicyclic) bond motifs is 1. The fourth-order valence-corrected chi connectivity index (χ4v) is 3.58. The van der Waals surface area contributed by atoms with E-state index in [-0.39, 0.29) is 12.3 Å². The zero-order valence-electron chi connectivity index (χ0n) is 16.2. The van der Waals surface area contributed by atoms with Crippen molar-refractivity contribution in [3.8, 4) is 11.5 Å². The van der Waals surface area contributed by atoms with Crippen LogP contribution >= 0.6 is 23.2 Å². The van der Waals surface area contributed by atoms with Crippen LogP contribution in [0.5, 0.6) is 11.5 Å². The molecular weight excluding hydrogens is 423 g/mol. The summed E-state index contributed by atoms with van der Waals surface area (Å²) in [7, 11) is 0. The van der Waals surface area contributed by atoms with Gasteiger partial charge in [0.1, 0.15) is 13.2 Å². The minimum absolute atomic E-state index is 0.0246. The third-order valence-electron chi connectivity index (χ3n) is 4.75. The Hall–Kier alpha value is -2.76. The molecule has 0 saturated carbocycles. The number of hydrogen-bond acceptors (Lipinski definition) is 4. The predicted octanol–water partition coefficient (Wildman–Crippen LogP) is 4.93. The van der Waals surface area contributed by atoms with E-state index in [1.165, 1.54) is 0 Å². The summed E-state index contributed by atoms with van der Waals surface area (Å²) in [6.45, 7) is 1.83. The Labute approximate surface area is 185 Å². The molecule has 0 aliphatic carbocycles. The molecule has 0 N–H and O–H groups in total. The highest BCUT2D eigenvalue weighted by Gasteiger charge is 2.18. The monoisotopic (exact) mass is 442 g/mol. The Morgan fingerprint density at radius 3 is 2.47 bits per heavy atom. The minimum atomic E-state index is -0.0246. The van der Waals surface area contributed by atoms with Crippen molar-refractivity contribution in [1.82, 2.24) is 9.88 Å². The lowest BCUT2D eigenvalue weighted by molar-refractivity contribution is -0.131. The van der Waals surface area contributed by atoms with Crippen LogP contribution in [0.3, 0.4) is 0 Å². The largest absolute Gasteiger partial charge is 0.486 e. The third-order valence-corrected chi connectivity index (χ3v) is 5.49. The van der Waals surface area contributed by atoms with Gasteiger partial charge in [-0.2, -0.15) is 0 Å². The lowest BCUT2D eigenvalue weighted by Gasteiger charge is -2.24. The molecule has 0 spiro atoms. The third kappa shape index (κ3) is 5.04. The summed E-state index contributed by atoms with van der Waals surface area (Å²) >= 11 is 12.2. The Kier molecular flexibility index (Phi) is 6.41. The van der Waals surface area contributed by atoms with Gasteiger partial charge in [0.25, 0.3) is 0 Å². The van der Waals surface area contributed by atoms with Crippen LogP contribution in [0.1, 0.15) is 16.8 Å². The first-order valence-corrected chi connectivity index (χ1v) is 10.3. The van der Waals surface area contributed by atoms with Crippen molar-refractivity contribution in [2.24, 2.45) is 0 Å². The van der Waals surface area contributed by atoms with Crippen LogP contribution in [0.4, 0.5) is 0 Å². The molecule has 1 aromatic heterocycles. The van der Waals surface area contributed by atoms with Gasteiger partial charge in [0.15, 0.2) is 11.5 Å². The van der Waals surface area contributed by atoms with Crippen LogP contribution in [-0.2, 0) is 24.3 Å². The van der Waals surface area contributed by atoms with Crippen LogP contribution in [0.15, 0.2) is 60.8 Å². The van der Waals surface area contributed by atoms with Crippen molar-refractivity contribution in [2.75, 3.05) is 13.2 Å². The molecule has 7 heteroatoms. The normalized spacial score (nSPS) is 12.5. The number of pyridine rings is 1. The van der Waals surface area contributed by atoms with Gasteiger partial charge in [-0.3, -0.25) is 9.78 Å². The Bertz CT molecular complexity index is 1040. The number of nitrogens with zero attached hydrogens (tertiary/aromatic N) is 2. The van der Waals surface area contributed by atoms with Crippen molar-refractivity contribution >= 4 is 29.1 Å². The fourth-order valence-electron chi connectivity index (χ4n) is 3.26. The number of aromatic nitrogens is 1. The summed E-state index contributed by atoms with van der Waals surface area (Å²) in [4.78, 5) is 19.3. The number of rotatable bonds is 6. The van der Waals surface area contributed by atoms with E-state index in [1.807, 2.05) is 42.5 Å². The smallest absolute Gasteiger partial charge is 0.227 e. The number of ether oxygens (including phenoxy) is 2. The second kappa shape index (κ2) is 9.37. The van der Waals surface area contributed by atoms with Crippen LogP contribution in [0.25, 0.3) is 0 Å². The maximum Gasteiger partial charge on any atom is 0.227 e. The average Bonchev–Trinajstić information content (AvgIpc) is 2.76.